The molecule has 2 heteroatoms. The van der Waals surface area contributed by atoms with E-state index in [2.05, 4.69) is 162 Å². The molecule has 6 aromatic carbocycles. The second-order valence-corrected chi connectivity index (χ2v) is 16.9. The SMILES string of the molecule is Cc1cc2ccccc2c(-c2c(P(C(C)C)C(C)C)ccc3ccccc23)c1P(c1ccccc1)c1ccccc1. The molecule has 6 aromatic rings. The molecule has 6 rings (SSSR count). The molecule has 0 radical (unpaired) electrons. The zero-order valence-corrected chi connectivity index (χ0v) is 26.5. The molecule has 0 spiro atoms. The summed E-state index contributed by atoms with van der Waals surface area (Å²) in [7, 11) is -1.18. The first-order chi connectivity index (χ1) is 20.0. The maximum atomic E-state index is 2.47. The Morgan fingerprint density at radius 2 is 0.976 bits per heavy atom. The first-order valence-electron chi connectivity index (χ1n) is 14.7. The monoisotopic (exact) mass is 568 g/mol. The summed E-state index contributed by atoms with van der Waals surface area (Å²) in [4.78, 5) is 0. The van der Waals surface area contributed by atoms with Crippen LogP contribution >= 0.6 is 15.8 Å². The molecule has 0 bridgehead atoms. The van der Waals surface area contributed by atoms with Crippen molar-refractivity contribution in [2.45, 2.75) is 45.9 Å². The van der Waals surface area contributed by atoms with Gasteiger partial charge in [-0.1, -0.05) is 163 Å². The van der Waals surface area contributed by atoms with E-state index in [9.17, 15) is 0 Å². The maximum absolute atomic E-state index is 2.47. The standard InChI is InChI=1S/C39H38P2/c1-27(2)40(28(3)4)36-25-24-30-16-12-14-22-34(30)37(36)38-35-23-15-13-17-31(35)26-29(5)39(38)41(32-18-8-6-9-19-32)33-20-10-7-11-21-33/h6-28H,1-5H3. The van der Waals surface area contributed by atoms with Crippen molar-refractivity contribution in [3.05, 3.63) is 133 Å². The van der Waals surface area contributed by atoms with Crippen LogP contribution in [0.5, 0.6) is 0 Å². The van der Waals surface area contributed by atoms with E-state index in [1.54, 1.807) is 0 Å². The van der Waals surface area contributed by atoms with Crippen LogP contribution in [0, 0.1) is 6.92 Å². The minimum Gasteiger partial charge on any atom is -0.0694 e. The lowest BCUT2D eigenvalue weighted by Crippen LogP contribution is -2.26. The third-order valence-electron chi connectivity index (χ3n) is 8.01. The lowest BCUT2D eigenvalue weighted by Gasteiger charge is -2.32. The van der Waals surface area contributed by atoms with Gasteiger partial charge >= 0.3 is 0 Å². The third-order valence-corrected chi connectivity index (χ3v) is 13.8. The van der Waals surface area contributed by atoms with Crippen LogP contribution in [0.2, 0.25) is 0 Å². The van der Waals surface area contributed by atoms with E-state index in [1.807, 2.05) is 0 Å². The summed E-state index contributed by atoms with van der Waals surface area (Å²) >= 11 is 0. The summed E-state index contributed by atoms with van der Waals surface area (Å²) in [5, 5.41) is 11.2. The summed E-state index contributed by atoms with van der Waals surface area (Å²) in [6.07, 6.45) is 0. The molecule has 0 fully saturated rings. The minimum atomic E-state index is -0.795. The molecule has 0 amide bonds. The molecule has 41 heavy (non-hydrogen) atoms. The van der Waals surface area contributed by atoms with Crippen LogP contribution in [-0.2, 0) is 0 Å². The van der Waals surface area contributed by atoms with E-state index >= 15 is 0 Å². The summed E-state index contributed by atoms with van der Waals surface area (Å²) in [5.74, 6) is 0. The molecule has 0 unspecified atom stereocenters. The minimum absolute atomic E-state index is 0.389. The number of aryl methyl sites for hydroxylation is 1. The predicted molar refractivity (Wildman–Crippen MR) is 187 cm³/mol. The Morgan fingerprint density at radius 1 is 0.488 bits per heavy atom. The Bertz CT molecular complexity index is 1760. The van der Waals surface area contributed by atoms with Crippen LogP contribution in [0.4, 0.5) is 0 Å². The van der Waals surface area contributed by atoms with E-state index < -0.39 is 7.92 Å². The van der Waals surface area contributed by atoms with Crippen molar-refractivity contribution >= 4 is 58.6 Å². The fourth-order valence-corrected chi connectivity index (χ4v) is 12.1. The third kappa shape index (κ3) is 5.26. The van der Waals surface area contributed by atoms with Crippen molar-refractivity contribution in [1.29, 1.82) is 0 Å². The van der Waals surface area contributed by atoms with Gasteiger partial charge in [-0.05, 0) is 85.6 Å². The number of rotatable bonds is 7. The molecule has 0 aliphatic carbocycles. The van der Waals surface area contributed by atoms with Crippen LogP contribution in [0.1, 0.15) is 33.3 Å². The topological polar surface area (TPSA) is 0 Å². The van der Waals surface area contributed by atoms with Gasteiger partial charge in [0.15, 0.2) is 0 Å². The highest BCUT2D eigenvalue weighted by Gasteiger charge is 2.29. The molecule has 0 aliphatic rings. The van der Waals surface area contributed by atoms with Crippen LogP contribution in [0.25, 0.3) is 32.7 Å². The Labute approximate surface area is 248 Å². The van der Waals surface area contributed by atoms with Gasteiger partial charge in [-0.15, -0.1) is 0 Å². The summed E-state index contributed by atoms with van der Waals surface area (Å²) < 4.78 is 0. The van der Waals surface area contributed by atoms with Crippen molar-refractivity contribution in [3.8, 4) is 11.1 Å². The second-order valence-electron chi connectivity index (χ2n) is 11.4. The smallest absolute Gasteiger partial charge is 0.000639 e. The highest BCUT2D eigenvalue weighted by atomic mass is 31.1. The number of hydrogen-bond acceptors (Lipinski definition) is 0. The molecule has 0 nitrogen and oxygen atoms in total. The van der Waals surface area contributed by atoms with Gasteiger partial charge in [0.05, 0.1) is 0 Å². The molecule has 0 N–H and O–H groups in total. The first kappa shape index (κ1) is 27.8. The van der Waals surface area contributed by atoms with E-state index in [0.29, 0.717) is 11.3 Å². The Morgan fingerprint density at radius 3 is 1.54 bits per heavy atom. The fourth-order valence-electron chi connectivity index (χ4n) is 6.47. The van der Waals surface area contributed by atoms with Crippen molar-refractivity contribution in [1.82, 2.24) is 0 Å². The molecule has 0 heterocycles. The molecule has 0 saturated heterocycles. The Balaban J connectivity index is 1.82. The van der Waals surface area contributed by atoms with Gasteiger partial charge < -0.3 is 0 Å². The average molecular weight is 569 g/mol. The molecule has 0 aliphatic heterocycles. The lowest BCUT2D eigenvalue weighted by molar-refractivity contribution is 1.02. The first-order valence-corrected chi connectivity index (χ1v) is 17.5. The zero-order chi connectivity index (χ0) is 28.5. The number of fused-ring (bicyclic) bond motifs is 2. The summed E-state index contributed by atoms with van der Waals surface area (Å²) in [6, 6.07) is 47.7. The van der Waals surface area contributed by atoms with E-state index in [4.69, 9.17) is 0 Å². The fraction of sp³-hybridized carbons (Fsp3) is 0.179. The molecule has 204 valence electrons. The summed E-state index contributed by atoms with van der Waals surface area (Å²) in [6.45, 7) is 12.0. The normalized spacial score (nSPS) is 11.9. The van der Waals surface area contributed by atoms with Crippen molar-refractivity contribution in [2.75, 3.05) is 0 Å². The van der Waals surface area contributed by atoms with Gasteiger partial charge in [0.25, 0.3) is 0 Å². The number of hydrogen-bond donors (Lipinski definition) is 0. The van der Waals surface area contributed by atoms with Gasteiger partial charge in [-0.25, -0.2) is 0 Å². The average Bonchev–Trinajstić information content (AvgIpc) is 2.98. The van der Waals surface area contributed by atoms with Gasteiger partial charge in [-0.2, -0.15) is 0 Å². The molecule has 0 saturated carbocycles. The van der Waals surface area contributed by atoms with Gasteiger partial charge in [0.2, 0.25) is 0 Å². The van der Waals surface area contributed by atoms with E-state index in [0.717, 1.165) is 0 Å². The van der Waals surface area contributed by atoms with Crippen molar-refractivity contribution < 1.29 is 0 Å². The molecule has 0 aromatic heterocycles. The Hall–Kier alpha value is -3.30. The van der Waals surface area contributed by atoms with Gasteiger partial charge in [0.1, 0.15) is 0 Å². The van der Waals surface area contributed by atoms with Crippen molar-refractivity contribution in [3.63, 3.8) is 0 Å². The second kappa shape index (κ2) is 11.9. The van der Waals surface area contributed by atoms with E-state index in [1.165, 1.54) is 59.5 Å². The number of benzene rings is 6. The van der Waals surface area contributed by atoms with Crippen LogP contribution in [0.15, 0.2) is 127 Å². The lowest BCUT2D eigenvalue weighted by atomic mass is 9.92. The van der Waals surface area contributed by atoms with E-state index in [-0.39, 0.29) is 7.92 Å². The van der Waals surface area contributed by atoms with Gasteiger partial charge in [-0.3, -0.25) is 0 Å². The summed E-state index contributed by atoms with van der Waals surface area (Å²) in [5.41, 5.74) is 5.43. The van der Waals surface area contributed by atoms with Crippen LogP contribution < -0.4 is 21.2 Å². The van der Waals surface area contributed by atoms with Crippen LogP contribution in [0.3, 0.4) is 0 Å². The van der Waals surface area contributed by atoms with Crippen molar-refractivity contribution in [2.24, 2.45) is 0 Å². The predicted octanol–water partition coefficient (Wildman–Crippen LogP) is 9.65. The molecular formula is C39H38P2. The maximum Gasteiger partial charge on any atom is -0.000639 e. The molecule has 0 atom stereocenters. The highest BCUT2D eigenvalue weighted by molar-refractivity contribution is 7.80. The van der Waals surface area contributed by atoms with Gasteiger partial charge in [0, 0.05) is 0 Å². The van der Waals surface area contributed by atoms with Crippen LogP contribution in [-0.4, -0.2) is 11.3 Å². The molecular weight excluding hydrogens is 530 g/mol. The Kier molecular flexibility index (Phi) is 8.08. The quantitative estimate of drug-likeness (QED) is 0.168. The zero-order valence-electron chi connectivity index (χ0n) is 24.7. The highest BCUT2D eigenvalue weighted by Crippen LogP contribution is 2.50. The largest absolute Gasteiger partial charge is 0.0694 e.